The van der Waals surface area contributed by atoms with Crippen LogP contribution in [0.2, 0.25) is 0 Å². The molecule has 2 rings (SSSR count). The lowest BCUT2D eigenvalue weighted by atomic mass is 10.1. The highest BCUT2D eigenvalue weighted by atomic mass is 32.2. The van der Waals surface area contributed by atoms with E-state index in [2.05, 4.69) is 0 Å². The Morgan fingerprint density at radius 3 is 2.32 bits per heavy atom. The first-order chi connectivity index (χ1) is 11.8. The second-order valence-corrected chi connectivity index (χ2v) is 8.04. The number of carbonyl (C=O) groups excluding carboxylic acids is 1. The van der Waals surface area contributed by atoms with Gasteiger partial charge in [-0.15, -0.1) is 0 Å². The maximum absolute atomic E-state index is 13.6. The zero-order chi connectivity index (χ0) is 18.4. The molecule has 0 heterocycles. The molecular formula is C17H23F2NO4S. The molecule has 1 aliphatic rings. The molecule has 1 atom stereocenters. The van der Waals surface area contributed by atoms with E-state index in [1.165, 1.54) is 6.92 Å². The number of nitrogens with one attached hydrogen (secondary N) is 1. The highest BCUT2D eigenvalue weighted by Gasteiger charge is 2.25. The lowest BCUT2D eigenvalue weighted by Crippen LogP contribution is -2.40. The standard InChI is InChI=1S/C17H23F2NO4S/c1-12(24-13-7-4-2-3-5-8-13)17(21)20-25(22,23)11-14-15(18)9-6-10-16(14)19/h6,9-10,12-13H,2-5,7-8,11H2,1H3,(H,20,21). The largest absolute Gasteiger partial charge is 0.365 e. The lowest BCUT2D eigenvalue weighted by Gasteiger charge is -2.20. The first kappa shape index (κ1) is 19.8. The summed E-state index contributed by atoms with van der Waals surface area (Å²) in [6.45, 7) is 1.47. The Hall–Kier alpha value is -1.54. The molecule has 0 aliphatic heterocycles. The van der Waals surface area contributed by atoms with Gasteiger partial charge in [-0.3, -0.25) is 9.52 Å². The number of sulfonamides is 1. The Labute approximate surface area is 146 Å². The summed E-state index contributed by atoms with van der Waals surface area (Å²) in [5, 5.41) is 0. The van der Waals surface area contributed by atoms with Crippen LogP contribution in [-0.4, -0.2) is 26.5 Å². The molecule has 1 unspecified atom stereocenters. The Morgan fingerprint density at radius 2 is 1.76 bits per heavy atom. The van der Waals surface area contributed by atoms with Gasteiger partial charge in [-0.1, -0.05) is 31.7 Å². The number of rotatable bonds is 6. The van der Waals surface area contributed by atoms with Crippen molar-refractivity contribution in [1.82, 2.24) is 4.72 Å². The smallest absolute Gasteiger partial charge is 0.262 e. The average Bonchev–Trinajstić information content (AvgIpc) is 2.79. The molecule has 1 saturated carbocycles. The molecule has 1 aromatic carbocycles. The number of hydrogen-bond acceptors (Lipinski definition) is 4. The molecule has 0 aromatic heterocycles. The van der Waals surface area contributed by atoms with Crippen LogP contribution in [0.1, 0.15) is 51.0 Å². The molecular weight excluding hydrogens is 352 g/mol. The molecule has 1 aliphatic carbocycles. The summed E-state index contributed by atoms with van der Waals surface area (Å²) in [4.78, 5) is 12.1. The van der Waals surface area contributed by atoms with Gasteiger partial charge in [0.25, 0.3) is 5.91 Å². The second-order valence-electron chi connectivity index (χ2n) is 6.32. The Balaban J connectivity index is 1.95. The molecule has 8 heteroatoms. The van der Waals surface area contributed by atoms with Gasteiger partial charge < -0.3 is 4.74 Å². The molecule has 0 radical (unpaired) electrons. The van der Waals surface area contributed by atoms with Crippen molar-refractivity contribution in [3.05, 3.63) is 35.4 Å². The molecule has 140 valence electrons. The fraction of sp³-hybridized carbons (Fsp3) is 0.588. The molecule has 0 spiro atoms. The van der Waals surface area contributed by atoms with Crippen LogP contribution in [0.25, 0.3) is 0 Å². The zero-order valence-electron chi connectivity index (χ0n) is 14.1. The van der Waals surface area contributed by atoms with Crippen LogP contribution < -0.4 is 4.72 Å². The summed E-state index contributed by atoms with van der Waals surface area (Å²) in [7, 11) is -4.23. The van der Waals surface area contributed by atoms with Crippen molar-refractivity contribution in [2.24, 2.45) is 0 Å². The molecule has 25 heavy (non-hydrogen) atoms. The fourth-order valence-corrected chi connectivity index (χ4v) is 4.06. The highest BCUT2D eigenvalue weighted by Crippen LogP contribution is 2.21. The van der Waals surface area contributed by atoms with E-state index in [1.54, 1.807) is 0 Å². The van der Waals surface area contributed by atoms with E-state index < -0.39 is 45.0 Å². The van der Waals surface area contributed by atoms with Crippen molar-refractivity contribution in [2.75, 3.05) is 0 Å². The highest BCUT2D eigenvalue weighted by molar-refractivity contribution is 7.89. The van der Waals surface area contributed by atoms with Gasteiger partial charge in [0.2, 0.25) is 10.0 Å². The summed E-state index contributed by atoms with van der Waals surface area (Å²) in [5.74, 6) is -3.73. The topological polar surface area (TPSA) is 72.5 Å². The second kappa shape index (κ2) is 8.71. The van der Waals surface area contributed by atoms with E-state index >= 15 is 0 Å². The van der Waals surface area contributed by atoms with Crippen LogP contribution in [0.5, 0.6) is 0 Å². The molecule has 0 saturated heterocycles. The first-order valence-electron chi connectivity index (χ1n) is 8.41. The van der Waals surface area contributed by atoms with Crippen molar-refractivity contribution >= 4 is 15.9 Å². The van der Waals surface area contributed by atoms with E-state index in [9.17, 15) is 22.0 Å². The number of halogens is 2. The molecule has 1 amide bonds. The third-order valence-electron chi connectivity index (χ3n) is 4.22. The number of ether oxygens (including phenoxy) is 1. The van der Waals surface area contributed by atoms with Gasteiger partial charge in [-0.05, 0) is 31.9 Å². The first-order valence-corrected chi connectivity index (χ1v) is 10.1. The number of amides is 1. The fourth-order valence-electron chi connectivity index (χ4n) is 2.86. The summed E-state index contributed by atoms with van der Waals surface area (Å²) in [6.07, 6.45) is 4.94. The van der Waals surface area contributed by atoms with Gasteiger partial charge in [0.15, 0.2) is 0 Å². The molecule has 1 fully saturated rings. The van der Waals surface area contributed by atoms with Crippen molar-refractivity contribution in [2.45, 2.75) is 63.4 Å². The van der Waals surface area contributed by atoms with Crippen LogP contribution in [-0.2, 0) is 25.3 Å². The van der Waals surface area contributed by atoms with E-state index in [4.69, 9.17) is 4.74 Å². The van der Waals surface area contributed by atoms with Gasteiger partial charge in [-0.2, -0.15) is 0 Å². The predicted octanol–water partition coefficient (Wildman–Crippen LogP) is 3.04. The normalized spacial score (nSPS) is 17.7. The quantitative estimate of drug-likeness (QED) is 0.776. The van der Waals surface area contributed by atoms with Crippen molar-refractivity contribution in [1.29, 1.82) is 0 Å². The molecule has 5 nitrogen and oxygen atoms in total. The molecule has 1 N–H and O–H groups in total. The monoisotopic (exact) mass is 375 g/mol. The summed E-state index contributed by atoms with van der Waals surface area (Å²) in [5.41, 5.74) is -0.597. The van der Waals surface area contributed by atoms with Gasteiger partial charge in [-0.25, -0.2) is 17.2 Å². The number of carbonyl (C=O) groups is 1. The zero-order valence-corrected chi connectivity index (χ0v) is 15.0. The molecule has 1 aromatic rings. The average molecular weight is 375 g/mol. The van der Waals surface area contributed by atoms with E-state index in [1.807, 2.05) is 4.72 Å². The Morgan fingerprint density at radius 1 is 1.20 bits per heavy atom. The van der Waals surface area contributed by atoms with E-state index in [0.29, 0.717) is 0 Å². The van der Waals surface area contributed by atoms with Gasteiger partial charge in [0.1, 0.15) is 23.5 Å². The van der Waals surface area contributed by atoms with Gasteiger partial charge in [0.05, 0.1) is 6.10 Å². The van der Waals surface area contributed by atoms with Crippen LogP contribution in [0.15, 0.2) is 18.2 Å². The van der Waals surface area contributed by atoms with Crippen molar-refractivity contribution in [3.8, 4) is 0 Å². The number of hydrogen-bond donors (Lipinski definition) is 1. The van der Waals surface area contributed by atoms with E-state index in [0.717, 1.165) is 56.7 Å². The minimum Gasteiger partial charge on any atom is -0.365 e. The maximum Gasteiger partial charge on any atom is 0.262 e. The molecule has 0 bridgehead atoms. The van der Waals surface area contributed by atoms with Crippen LogP contribution in [0, 0.1) is 11.6 Å². The summed E-state index contributed by atoms with van der Waals surface area (Å²) >= 11 is 0. The van der Waals surface area contributed by atoms with Crippen molar-refractivity contribution in [3.63, 3.8) is 0 Å². The minimum absolute atomic E-state index is 0.0741. The third-order valence-corrected chi connectivity index (χ3v) is 5.40. The summed E-state index contributed by atoms with van der Waals surface area (Å²) in [6, 6.07) is 3.07. The maximum atomic E-state index is 13.6. The summed E-state index contributed by atoms with van der Waals surface area (Å²) < 4.78 is 58.7. The van der Waals surface area contributed by atoms with Gasteiger partial charge >= 0.3 is 0 Å². The SMILES string of the molecule is CC(OC1CCCCCC1)C(=O)NS(=O)(=O)Cc1c(F)cccc1F. The van der Waals surface area contributed by atoms with Gasteiger partial charge in [0, 0.05) is 5.56 Å². The number of benzene rings is 1. The third kappa shape index (κ3) is 6.04. The predicted molar refractivity (Wildman–Crippen MR) is 89.2 cm³/mol. The minimum atomic E-state index is -4.23. The van der Waals surface area contributed by atoms with Crippen molar-refractivity contribution < 1.29 is 26.7 Å². The van der Waals surface area contributed by atoms with Crippen LogP contribution >= 0.6 is 0 Å². The van der Waals surface area contributed by atoms with Crippen LogP contribution in [0.4, 0.5) is 8.78 Å². The Bertz CT molecular complexity index is 680. The van der Waals surface area contributed by atoms with E-state index in [-0.39, 0.29) is 6.10 Å². The lowest BCUT2D eigenvalue weighted by molar-refractivity contribution is -0.133. The Kier molecular flexibility index (Phi) is 6.89. The van der Waals surface area contributed by atoms with Crippen LogP contribution in [0.3, 0.4) is 0 Å².